The fourth-order valence-corrected chi connectivity index (χ4v) is 3.44. The number of aldehydes is 1. The summed E-state index contributed by atoms with van der Waals surface area (Å²) in [5.41, 5.74) is 1.73. The van der Waals surface area contributed by atoms with E-state index in [-0.39, 0.29) is 35.3 Å². The Morgan fingerprint density at radius 1 is 1.30 bits per heavy atom. The molecule has 1 aromatic carbocycles. The molecule has 9 heteroatoms. The zero-order valence-corrected chi connectivity index (χ0v) is 16.3. The van der Waals surface area contributed by atoms with Crippen molar-refractivity contribution in [2.75, 3.05) is 0 Å². The molecule has 4 rings (SSSR count). The average molecular weight is 415 g/mol. The van der Waals surface area contributed by atoms with Crippen LogP contribution in [0.25, 0.3) is 11.4 Å². The van der Waals surface area contributed by atoms with E-state index in [1.807, 2.05) is 30.7 Å². The van der Waals surface area contributed by atoms with Gasteiger partial charge in [0.1, 0.15) is 18.1 Å². The maximum atomic E-state index is 13.7. The van der Waals surface area contributed by atoms with E-state index in [1.165, 1.54) is 12.1 Å². The molecule has 3 heterocycles. The van der Waals surface area contributed by atoms with E-state index < -0.39 is 12.2 Å². The maximum Gasteiger partial charge on any atom is 0.429 e. The van der Waals surface area contributed by atoms with Gasteiger partial charge in [0, 0.05) is 29.6 Å². The molecule has 1 aliphatic heterocycles. The van der Waals surface area contributed by atoms with Gasteiger partial charge in [0.05, 0.1) is 17.0 Å². The first-order valence-corrected chi connectivity index (χ1v) is 9.31. The van der Waals surface area contributed by atoms with Crippen molar-refractivity contribution in [2.45, 2.75) is 38.7 Å². The lowest BCUT2D eigenvalue weighted by atomic mass is 10.0. The summed E-state index contributed by atoms with van der Waals surface area (Å²) in [4.78, 5) is 16.1. The van der Waals surface area contributed by atoms with Crippen LogP contribution < -0.4 is 9.47 Å². The SMILES string of the molecule is CC(C)n1nccc1-c1ncccc1COc1ccc2c(c1C=O)C(O)C(F)(F)O2. The molecule has 7 nitrogen and oxygen atoms in total. The van der Waals surface area contributed by atoms with Crippen molar-refractivity contribution < 1.29 is 28.2 Å². The summed E-state index contributed by atoms with van der Waals surface area (Å²) < 4.78 is 39.5. The number of carbonyl (C=O) groups is 1. The Morgan fingerprint density at radius 2 is 2.10 bits per heavy atom. The summed E-state index contributed by atoms with van der Waals surface area (Å²) >= 11 is 0. The lowest BCUT2D eigenvalue weighted by molar-refractivity contribution is -0.224. The van der Waals surface area contributed by atoms with Gasteiger partial charge in [0.2, 0.25) is 0 Å². The standard InChI is InChI=1S/C21H19F2N3O4/c1-12(2)26-15(7-9-25-26)19-13(4-3-8-24-19)11-29-16-5-6-17-18(14(16)10-27)20(28)21(22,23)30-17/h3-10,12,20,28H,11H2,1-2H3. The molecule has 2 aromatic heterocycles. The van der Waals surface area contributed by atoms with Crippen molar-refractivity contribution in [3.8, 4) is 22.9 Å². The van der Waals surface area contributed by atoms with E-state index in [4.69, 9.17) is 4.74 Å². The lowest BCUT2D eigenvalue weighted by Gasteiger charge is -2.15. The minimum atomic E-state index is -3.80. The van der Waals surface area contributed by atoms with Gasteiger partial charge in [-0.2, -0.15) is 13.9 Å². The van der Waals surface area contributed by atoms with E-state index in [9.17, 15) is 18.7 Å². The van der Waals surface area contributed by atoms with Gasteiger partial charge in [-0.3, -0.25) is 14.5 Å². The smallest absolute Gasteiger partial charge is 0.429 e. The number of ether oxygens (including phenoxy) is 2. The first kappa shape index (κ1) is 20.0. The van der Waals surface area contributed by atoms with E-state index in [0.717, 1.165) is 11.3 Å². The molecule has 156 valence electrons. The highest BCUT2D eigenvalue weighted by Gasteiger charge is 2.51. The van der Waals surface area contributed by atoms with Crippen molar-refractivity contribution in [1.29, 1.82) is 0 Å². The molecule has 0 saturated carbocycles. The van der Waals surface area contributed by atoms with Crippen molar-refractivity contribution >= 4 is 6.29 Å². The third kappa shape index (κ3) is 3.30. The van der Waals surface area contributed by atoms with Gasteiger partial charge in [-0.05, 0) is 38.1 Å². The molecule has 0 bridgehead atoms. The molecular weight excluding hydrogens is 396 g/mol. The Balaban J connectivity index is 1.66. The van der Waals surface area contributed by atoms with Crippen LogP contribution in [0.3, 0.4) is 0 Å². The number of aromatic nitrogens is 3. The number of benzene rings is 1. The number of aliphatic hydroxyl groups excluding tert-OH is 1. The summed E-state index contributed by atoms with van der Waals surface area (Å²) in [5, 5.41) is 14.2. The van der Waals surface area contributed by atoms with Crippen molar-refractivity contribution in [2.24, 2.45) is 0 Å². The maximum absolute atomic E-state index is 13.7. The van der Waals surface area contributed by atoms with Crippen LogP contribution in [0.2, 0.25) is 0 Å². The zero-order valence-electron chi connectivity index (χ0n) is 16.3. The van der Waals surface area contributed by atoms with Crippen LogP contribution in [-0.4, -0.2) is 32.3 Å². The topological polar surface area (TPSA) is 86.5 Å². The Kier molecular flexibility index (Phi) is 4.98. The number of halogens is 2. The average Bonchev–Trinajstić information content (AvgIpc) is 3.29. The van der Waals surface area contributed by atoms with Crippen LogP contribution in [0.5, 0.6) is 11.5 Å². The number of pyridine rings is 1. The second-order valence-corrected chi connectivity index (χ2v) is 7.13. The largest absolute Gasteiger partial charge is 0.488 e. The minimum absolute atomic E-state index is 0.0272. The number of rotatable bonds is 6. The number of nitrogens with zero attached hydrogens (tertiary/aromatic N) is 3. The van der Waals surface area contributed by atoms with Gasteiger partial charge in [-0.1, -0.05) is 6.07 Å². The third-order valence-corrected chi connectivity index (χ3v) is 4.84. The first-order chi connectivity index (χ1) is 14.3. The number of hydrogen-bond donors (Lipinski definition) is 1. The minimum Gasteiger partial charge on any atom is -0.488 e. The van der Waals surface area contributed by atoms with Crippen molar-refractivity contribution in [1.82, 2.24) is 14.8 Å². The number of alkyl halides is 2. The molecule has 0 amide bonds. The summed E-state index contributed by atoms with van der Waals surface area (Å²) in [6.07, 6.45) is -2.34. The highest BCUT2D eigenvalue weighted by molar-refractivity contribution is 5.84. The van der Waals surface area contributed by atoms with Gasteiger partial charge < -0.3 is 14.6 Å². The third-order valence-electron chi connectivity index (χ3n) is 4.84. The summed E-state index contributed by atoms with van der Waals surface area (Å²) in [6.45, 7) is 4.03. The Hall–Kier alpha value is -3.33. The van der Waals surface area contributed by atoms with Crippen molar-refractivity contribution in [3.05, 3.63) is 59.4 Å². The van der Waals surface area contributed by atoms with E-state index in [0.29, 0.717) is 12.0 Å². The molecule has 1 unspecified atom stereocenters. The number of fused-ring (bicyclic) bond motifs is 1. The first-order valence-electron chi connectivity index (χ1n) is 9.31. The monoisotopic (exact) mass is 415 g/mol. The molecule has 0 saturated heterocycles. The van der Waals surface area contributed by atoms with Crippen LogP contribution in [0, 0.1) is 0 Å². The number of hydrogen-bond acceptors (Lipinski definition) is 6. The molecule has 1 N–H and O–H groups in total. The van der Waals surface area contributed by atoms with Crippen LogP contribution in [0.15, 0.2) is 42.7 Å². The fourth-order valence-electron chi connectivity index (χ4n) is 3.44. The molecule has 3 aromatic rings. The summed E-state index contributed by atoms with van der Waals surface area (Å²) in [5.74, 6) is -0.180. The van der Waals surface area contributed by atoms with Crippen LogP contribution in [-0.2, 0) is 6.61 Å². The van der Waals surface area contributed by atoms with Crippen LogP contribution in [0.1, 0.15) is 47.5 Å². The Bertz CT molecular complexity index is 1100. The second kappa shape index (κ2) is 7.49. The van der Waals surface area contributed by atoms with Gasteiger partial charge in [0.15, 0.2) is 12.4 Å². The molecule has 0 radical (unpaired) electrons. The predicted octanol–water partition coefficient (Wildman–Crippen LogP) is 3.94. The summed E-state index contributed by atoms with van der Waals surface area (Å²) in [6, 6.07) is 8.14. The van der Waals surface area contributed by atoms with Crippen LogP contribution in [0.4, 0.5) is 8.78 Å². The van der Waals surface area contributed by atoms with E-state index in [2.05, 4.69) is 14.8 Å². The van der Waals surface area contributed by atoms with Gasteiger partial charge in [-0.25, -0.2) is 0 Å². The van der Waals surface area contributed by atoms with Gasteiger partial charge in [-0.15, -0.1) is 0 Å². The molecule has 0 aliphatic carbocycles. The number of carbonyl (C=O) groups excluding carboxylic acids is 1. The molecule has 1 aliphatic rings. The molecule has 30 heavy (non-hydrogen) atoms. The molecule has 0 spiro atoms. The normalized spacial score (nSPS) is 16.9. The fraction of sp³-hybridized carbons (Fsp3) is 0.286. The lowest BCUT2D eigenvalue weighted by Crippen LogP contribution is -2.26. The zero-order chi connectivity index (χ0) is 21.5. The molecule has 1 atom stereocenters. The number of aliphatic hydroxyl groups is 1. The summed E-state index contributed by atoms with van der Waals surface area (Å²) in [7, 11) is 0. The quantitative estimate of drug-likeness (QED) is 0.614. The molecular formula is C21H19F2N3O4. The second-order valence-electron chi connectivity index (χ2n) is 7.13. The Morgan fingerprint density at radius 3 is 2.83 bits per heavy atom. The van der Waals surface area contributed by atoms with Gasteiger partial charge in [0.25, 0.3) is 0 Å². The van der Waals surface area contributed by atoms with Crippen molar-refractivity contribution in [3.63, 3.8) is 0 Å². The highest BCUT2D eigenvalue weighted by Crippen LogP contribution is 2.48. The Labute approximate surface area is 170 Å². The van der Waals surface area contributed by atoms with Gasteiger partial charge >= 0.3 is 6.11 Å². The highest BCUT2D eigenvalue weighted by atomic mass is 19.3. The predicted molar refractivity (Wildman–Crippen MR) is 103 cm³/mol. The van der Waals surface area contributed by atoms with Crippen LogP contribution >= 0.6 is 0 Å². The van der Waals surface area contributed by atoms with E-state index in [1.54, 1.807) is 18.5 Å². The molecule has 0 fully saturated rings. The van der Waals surface area contributed by atoms with E-state index >= 15 is 0 Å².